The molecule has 0 bridgehead atoms. The molecule has 1 atom stereocenters. The summed E-state index contributed by atoms with van der Waals surface area (Å²) in [6, 6.07) is 5.72. The van der Waals surface area contributed by atoms with Crippen LogP contribution in [0.15, 0.2) is 18.2 Å². The van der Waals surface area contributed by atoms with Crippen molar-refractivity contribution in [3.63, 3.8) is 0 Å². The molecule has 0 saturated heterocycles. The van der Waals surface area contributed by atoms with Crippen LogP contribution < -0.4 is 20.1 Å². The van der Waals surface area contributed by atoms with E-state index in [2.05, 4.69) is 17.6 Å². The molecule has 1 aliphatic rings. The maximum Gasteiger partial charge on any atom is 0.315 e. The van der Waals surface area contributed by atoms with Crippen molar-refractivity contribution in [3.05, 3.63) is 23.8 Å². The quantitative estimate of drug-likeness (QED) is 0.858. The zero-order chi connectivity index (χ0) is 13.7. The molecular weight excluding hydrogens is 244 g/mol. The molecule has 0 saturated carbocycles. The van der Waals surface area contributed by atoms with E-state index in [1.807, 2.05) is 25.1 Å². The van der Waals surface area contributed by atoms with Gasteiger partial charge in [0.1, 0.15) is 0 Å². The molecule has 1 heterocycles. The van der Waals surface area contributed by atoms with Gasteiger partial charge in [-0.15, -0.1) is 0 Å². The molecule has 104 valence electrons. The summed E-state index contributed by atoms with van der Waals surface area (Å²) in [6.45, 7) is 4.84. The van der Waals surface area contributed by atoms with E-state index < -0.39 is 0 Å². The first-order chi connectivity index (χ1) is 9.19. The molecule has 0 aromatic heterocycles. The highest BCUT2D eigenvalue weighted by Gasteiger charge is 2.13. The van der Waals surface area contributed by atoms with Gasteiger partial charge in [0, 0.05) is 12.6 Å². The van der Waals surface area contributed by atoms with Gasteiger partial charge in [0.15, 0.2) is 11.5 Å². The monoisotopic (exact) mass is 264 g/mol. The van der Waals surface area contributed by atoms with Crippen LogP contribution in [0.2, 0.25) is 0 Å². The second-order valence-corrected chi connectivity index (χ2v) is 4.70. The van der Waals surface area contributed by atoms with E-state index in [1.165, 1.54) is 0 Å². The predicted molar refractivity (Wildman–Crippen MR) is 72.3 cm³/mol. The third-order valence-corrected chi connectivity index (χ3v) is 2.99. The van der Waals surface area contributed by atoms with Crippen LogP contribution in [0.3, 0.4) is 0 Å². The SMILES string of the molecule is CCCC(C)NC(=O)NCc1ccc2c(c1)OCO2. The fourth-order valence-electron chi connectivity index (χ4n) is 2.01. The average Bonchev–Trinajstić information content (AvgIpc) is 2.83. The summed E-state index contributed by atoms with van der Waals surface area (Å²) >= 11 is 0. The van der Waals surface area contributed by atoms with Crippen molar-refractivity contribution in [1.29, 1.82) is 0 Å². The van der Waals surface area contributed by atoms with Gasteiger partial charge in [-0.1, -0.05) is 19.4 Å². The number of urea groups is 1. The minimum absolute atomic E-state index is 0.140. The largest absolute Gasteiger partial charge is 0.454 e. The number of ether oxygens (including phenoxy) is 2. The molecule has 1 aliphatic heterocycles. The van der Waals surface area contributed by atoms with Crippen LogP contribution >= 0.6 is 0 Å². The third kappa shape index (κ3) is 3.77. The van der Waals surface area contributed by atoms with Crippen molar-refractivity contribution < 1.29 is 14.3 Å². The first-order valence-corrected chi connectivity index (χ1v) is 6.62. The van der Waals surface area contributed by atoms with Gasteiger partial charge in [0.05, 0.1) is 0 Å². The lowest BCUT2D eigenvalue weighted by molar-refractivity contribution is 0.174. The molecule has 0 fully saturated rings. The van der Waals surface area contributed by atoms with Crippen molar-refractivity contribution in [3.8, 4) is 11.5 Å². The van der Waals surface area contributed by atoms with Gasteiger partial charge < -0.3 is 20.1 Å². The fraction of sp³-hybridized carbons (Fsp3) is 0.500. The van der Waals surface area contributed by atoms with E-state index in [1.54, 1.807) is 0 Å². The Hall–Kier alpha value is -1.91. The van der Waals surface area contributed by atoms with E-state index in [-0.39, 0.29) is 18.9 Å². The second-order valence-electron chi connectivity index (χ2n) is 4.70. The molecular formula is C14H20N2O3. The van der Waals surface area contributed by atoms with E-state index in [4.69, 9.17) is 9.47 Å². The topological polar surface area (TPSA) is 59.6 Å². The summed E-state index contributed by atoms with van der Waals surface area (Å²) in [7, 11) is 0. The van der Waals surface area contributed by atoms with Crippen LogP contribution in [0.5, 0.6) is 11.5 Å². The summed E-state index contributed by atoms with van der Waals surface area (Å²) < 4.78 is 10.5. The number of carbonyl (C=O) groups is 1. The minimum Gasteiger partial charge on any atom is -0.454 e. The Balaban J connectivity index is 1.80. The minimum atomic E-state index is -0.140. The first kappa shape index (κ1) is 13.5. The Morgan fingerprint density at radius 3 is 2.95 bits per heavy atom. The van der Waals surface area contributed by atoms with Crippen LogP contribution in [-0.2, 0) is 6.54 Å². The maximum atomic E-state index is 11.7. The molecule has 2 rings (SSSR count). The number of hydrogen-bond acceptors (Lipinski definition) is 3. The number of fused-ring (bicyclic) bond motifs is 1. The summed E-state index contributed by atoms with van der Waals surface area (Å²) in [5, 5.41) is 5.73. The number of rotatable bonds is 5. The van der Waals surface area contributed by atoms with Gasteiger partial charge >= 0.3 is 6.03 Å². The highest BCUT2D eigenvalue weighted by atomic mass is 16.7. The summed E-state index contributed by atoms with van der Waals surface area (Å²) in [6.07, 6.45) is 2.04. The standard InChI is InChI=1S/C14H20N2O3/c1-3-4-10(2)16-14(17)15-8-11-5-6-12-13(7-11)19-9-18-12/h5-7,10H,3-4,8-9H2,1-2H3,(H2,15,16,17). The van der Waals surface area contributed by atoms with Crippen molar-refractivity contribution in [1.82, 2.24) is 10.6 Å². The van der Waals surface area contributed by atoms with Crippen molar-refractivity contribution in [2.24, 2.45) is 0 Å². The van der Waals surface area contributed by atoms with Crippen LogP contribution in [0.1, 0.15) is 32.3 Å². The average molecular weight is 264 g/mol. The normalized spacial score (nSPS) is 14.0. The van der Waals surface area contributed by atoms with E-state index in [0.717, 1.165) is 29.9 Å². The molecule has 0 spiro atoms. The number of benzene rings is 1. The Labute approximate surface area is 113 Å². The van der Waals surface area contributed by atoms with Gasteiger partial charge in [-0.05, 0) is 31.0 Å². The number of carbonyl (C=O) groups excluding carboxylic acids is 1. The molecule has 0 aliphatic carbocycles. The second kappa shape index (κ2) is 6.31. The molecule has 19 heavy (non-hydrogen) atoms. The number of hydrogen-bond donors (Lipinski definition) is 2. The van der Waals surface area contributed by atoms with Crippen molar-refractivity contribution in [2.75, 3.05) is 6.79 Å². The van der Waals surface area contributed by atoms with Crippen LogP contribution in [0.4, 0.5) is 4.79 Å². The van der Waals surface area contributed by atoms with E-state index in [0.29, 0.717) is 6.54 Å². The Morgan fingerprint density at radius 1 is 1.37 bits per heavy atom. The Kier molecular flexibility index (Phi) is 4.49. The molecule has 5 nitrogen and oxygen atoms in total. The smallest absolute Gasteiger partial charge is 0.315 e. The molecule has 1 aromatic rings. The molecule has 1 aromatic carbocycles. The molecule has 0 radical (unpaired) electrons. The molecule has 5 heteroatoms. The summed E-state index contributed by atoms with van der Waals surface area (Å²) in [4.78, 5) is 11.7. The Morgan fingerprint density at radius 2 is 2.16 bits per heavy atom. The summed E-state index contributed by atoms with van der Waals surface area (Å²) in [5.74, 6) is 1.49. The lowest BCUT2D eigenvalue weighted by atomic mass is 10.2. The van der Waals surface area contributed by atoms with Crippen LogP contribution in [-0.4, -0.2) is 18.9 Å². The van der Waals surface area contributed by atoms with E-state index in [9.17, 15) is 4.79 Å². The zero-order valence-corrected chi connectivity index (χ0v) is 11.4. The maximum absolute atomic E-state index is 11.7. The summed E-state index contributed by atoms with van der Waals surface area (Å²) in [5.41, 5.74) is 0.988. The molecule has 2 amide bonds. The highest BCUT2D eigenvalue weighted by molar-refractivity contribution is 5.74. The number of amides is 2. The lowest BCUT2D eigenvalue weighted by Gasteiger charge is -2.13. The van der Waals surface area contributed by atoms with E-state index >= 15 is 0 Å². The lowest BCUT2D eigenvalue weighted by Crippen LogP contribution is -2.40. The Bertz CT molecular complexity index is 448. The van der Waals surface area contributed by atoms with Gasteiger partial charge in [-0.2, -0.15) is 0 Å². The van der Waals surface area contributed by atoms with Gasteiger partial charge in [0.25, 0.3) is 0 Å². The van der Waals surface area contributed by atoms with Gasteiger partial charge in [0.2, 0.25) is 6.79 Å². The zero-order valence-electron chi connectivity index (χ0n) is 11.4. The van der Waals surface area contributed by atoms with Gasteiger partial charge in [-0.3, -0.25) is 0 Å². The molecule has 1 unspecified atom stereocenters. The van der Waals surface area contributed by atoms with Crippen molar-refractivity contribution in [2.45, 2.75) is 39.3 Å². The molecule has 2 N–H and O–H groups in total. The highest BCUT2D eigenvalue weighted by Crippen LogP contribution is 2.32. The fourth-order valence-corrected chi connectivity index (χ4v) is 2.01. The first-order valence-electron chi connectivity index (χ1n) is 6.62. The van der Waals surface area contributed by atoms with Crippen molar-refractivity contribution >= 4 is 6.03 Å². The van der Waals surface area contributed by atoms with Crippen LogP contribution in [0, 0.1) is 0 Å². The predicted octanol–water partition coefficient (Wildman–Crippen LogP) is 2.40. The van der Waals surface area contributed by atoms with Crippen LogP contribution in [0.25, 0.3) is 0 Å². The van der Waals surface area contributed by atoms with Gasteiger partial charge in [-0.25, -0.2) is 4.79 Å². The number of nitrogens with one attached hydrogen (secondary N) is 2. The third-order valence-electron chi connectivity index (χ3n) is 2.99.